The van der Waals surface area contributed by atoms with Crippen molar-refractivity contribution in [3.05, 3.63) is 66.0 Å². The molecule has 34 heavy (non-hydrogen) atoms. The van der Waals surface area contributed by atoms with E-state index in [0.717, 1.165) is 29.9 Å². The third kappa shape index (κ3) is 4.75. The number of amides is 1. The normalized spacial score (nSPS) is 17.1. The number of hydrogen-bond acceptors (Lipinski definition) is 6. The molecular weight excluding hydrogens is 470 g/mol. The van der Waals surface area contributed by atoms with Crippen LogP contribution in [0.5, 0.6) is 0 Å². The Balaban J connectivity index is 1.21. The van der Waals surface area contributed by atoms with Crippen molar-refractivity contribution in [3.8, 4) is 5.69 Å². The summed E-state index contributed by atoms with van der Waals surface area (Å²) < 4.78 is 29.4. The summed E-state index contributed by atoms with van der Waals surface area (Å²) in [5.41, 5.74) is 2.01. The highest BCUT2D eigenvalue weighted by Gasteiger charge is 2.32. The second-order valence-electron chi connectivity index (χ2n) is 8.67. The summed E-state index contributed by atoms with van der Waals surface area (Å²) in [5, 5.41) is 9.49. The number of para-hydroxylation sites is 1. The highest BCUT2D eigenvalue weighted by Crippen LogP contribution is 2.41. The van der Waals surface area contributed by atoms with E-state index in [2.05, 4.69) is 14.8 Å². The summed E-state index contributed by atoms with van der Waals surface area (Å²) in [6.45, 7) is 3.26. The molecule has 178 valence electrons. The Bertz CT molecular complexity index is 1260. The van der Waals surface area contributed by atoms with Gasteiger partial charge in [-0.2, -0.15) is 4.31 Å². The average Bonchev–Trinajstić information content (AvgIpc) is 3.62. The fourth-order valence-electron chi connectivity index (χ4n) is 4.06. The van der Waals surface area contributed by atoms with Crippen molar-refractivity contribution in [3.63, 3.8) is 0 Å². The van der Waals surface area contributed by atoms with Gasteiger partial charge in [0.15, 0.2) is 5.16 Å². The van der Waals surface area contributed by atoms with Gasteiger partial charge in [0, 0.05) is 37.8 Å². The number of hydrogen-bond donors (Lipinski definition) is 0. The van der Waals surface area contributed by atoms with Crippen molar-refractivity contribution in [1.82, 2.24) is 24.0 Å². The lowest BCUT2D eigenvalue weighted by Gasteiger charge is -2.34. The molecule has 1 aliphatic carbocycles. The van der Waals surface area contributed by atoms with Crippen LogP contribution in [-0.2, 0) is 14.8 Å². The molecule has 0 N–H and O–H groups in total. The quantitative estimate of drug-likeness (QED) is 0.466. The van der Waals surface area contributed by atoms with Crippen LogP contribution in [0.25, 0.3) is 5.69 Å². The van der Waals surface area contributed by atoms with E-state index in [1.165, 1.54) is 16.1 Å². The molecule has 1 aliphatic heterocycles. The Labute approximate surface area is 204 Å². The summed E-state index contributed by atoms with van der Waals surface area (Å²) in [6.07, 6.45) is 2.23. The van der Waals surface area contributed by atoms with E-state index >= 15 is 0 Å². The smallest absolute Gasteiger partial charge is 0.243 e. The topological polar surface area (TPSA) is 88.4 Å². The van der Waals surface area contributed by atoms with Gasteiger partial charge >= 0.3 is 0 Å². The minimum atomic E-state index is -3.55. The lowest BCUT2D eigenvalue weighted by Crippen LogP contribution is -2.50. The van der Waals surface area contributed by atoms with Crippen LogP contribution in [0.1, 0.15) is 30.1 Å². The maximum atomic E-state index is 12.9. The molecule has 0 atom stereocenters. The van der Waals surface area contributed by atoms with Crippen LogP contribution in [0, 0.1) is 6.92 Å². The fraction of sp³-hybridized carbons (Fsp3) is 0.375. The van der Waals surface area contributed by atoms with Gasteiger partial charge in [0.1, 0.15) is 5.82 Å². The molecule has 2 aliphatic rings. The van der Waals surface area contributed by atoms with Gasteiger partial charge in [-0.05, 0) is 44.0 Å². The molecule has 0 spiro atoms. The van der Waals surface area contributed by atoms with Crippen molar-refractivity contribution < 1.29 is 13.2 Å². The van der Waals surface area contributed by atoms with E-state index < -0.39 is 10.0 Å². The van der Waals surface area contributed by atoms with Crippen LogP contribution in [0.2, 0.25) is 0 Å². The van der Waals surface area contributed by atoms with Crippen LogP contribution in [-0.4, -0.2) is 70.2 Å². The van der Waals surface area contributed by atoms with E-state index in [1.54, 1.807) is 29.2 Å². The SMILES string of the molecule is Cc1ccc(S(=O)(=O)N2CCN(C(=O)CSc3nnc(C4CC4)n3-c3ccccc3)CC2)cc1. The molecular formula is C24H27N5O3S2. The van der Waals surface area contributed by atoms with E-state index in [4.69, 9.17) is 0 Å². The zero-order valence-corrected chi connectivity index (χ0v) is 20.6. The third-order valence-electron chi connectivity index (χ3n) is 6.19. The Morgan fingerprint density at radius 3 is 2.29 bits per heavy atom. The Morgan fingerprint density at radius 2 is 1.65 bits per heavy atom. The predicted molar refractivity (Wildman–Crippen MR) is 131 cm³/mol. The highest BCUT2D eigenvalue weighted by molar-refractivity contribution is 7.99. The van der Waals surface area contributed by atoms with Gasteiger partial charge in [-0.3, -0.25) is 9.36 Å². The lowest BCUT2D eigenvalue weighted by atomic mass is 10.2. The number of piperazine rings is 1. The summed E-state index contributed by atoms with van der Waals surface area (Å²) in [5.74, 6) is 1.60. The van der Waals surface area contributed by atoms with Crippen LogP contribution >= 0.6 is 11.8 Å². The minimum absolute atomic E-state index is 0.0204. The molecule has 2 fully saturated rings. The first-order chi connectivity index (χ1) is 16.4. The third-order valence-corrected chi connectivity index (χ3v) is 9.02. The first-order valence-corrected chi connectivity index (χ1v) is 13.8. The molecule has 8 nitrogen and oxygen atoms in total. The van der Waals surface area contributed by atoms with Crippen molar-refractivity contribution in [2.24, 2.45) is 0 Å². The molecule has 0 radical (unpaired) electrons. The number of carbonyl (C=O) groups is 1. The minimum Gasteiger partial charge on any atom is -0.339 e. The summed E-state index contributed by atoms with van der Waals surface area (Å²) in [4.78, 5) is 14.9. The zero-order chi connectivity index (χ0) is 23.7. The first kappa shape index (κ1) is 23.1. The molecule has 1 saturated heterocycles. The first-order valence-electron chi connectivity index (χ1n) is 11.4. The number of aryl methyl sites for hydroxylation is 1. The average molecular weight is 498 g/mol. The molecule has 3 aromatic rings. The van der Waals surface area contributed by atoms with E-state index in [9.17, 15) is 13.2 Å². The van der Waals surface area contributed by atoms with Crippen LogP contribution in [0.15, 0.2) is 64.6 Å². The second kappa shape index (κ2) is 9.52. The summed E-state index contributed by atoms with van der Waals surface area (Å²) in [6, 6.07) is 16.9. The summed E-state index contributed by atoms with van der Waals surface area (Å²) >= 11 is 1.38. The van der Waals surface area contributed by atoms with Crippen LogP contribution in [0.3, 0.4) is 0 Å². The molecule has 2 aromatic carbocycles. The predicted octanol–water partition coefficient (Wildman–Crippen LogP) is 3.08. The van der Waals surface area contributed by atoms with E-state index in [-0.39, 0.29) is 11.7 Å². The van der Waals surface area contributed by atoms with Crippen molar-refractivity contribution >= 4 is 27.7 Å². The van der Waals surface area contributed by atoms with Gasteiger partial charge in [0.2, 0.25) is 15.9 Å². The maximum absolute atomic E-state index is 12.9. The van der Waals surface area contributed by atoms with Gasteiger partial charge in [0.05, 0.1) is 10.6 Å². The fourth-order valence-corrected chi connectivity index (χ4v) is 6.34. The molecule has 5 rings (SSSR count). The molecule has 2 heterocycles. The van der Waals surface area contributed by atoms with E-state index in [0.29, 0.717) is 42.1 Å². The van der Waals surface area contributed by atoms with Gasteiger partial charge in [-0.25, -0.2) is 8.42 Å². The number of carbonyl (C=O) groups excluding carboxylic acids is 1. The highest BCUT2D eigenvalue weighted by atomic mass is 32.2. The van der Waals surface area contributed by atoms with Gasteiger partial charge < -0.3 is 4.90 Å². The molecule has 1 saturated carbocycles. The summed E-state index contributed by atoms with van der Waals surface area (Å²) in [7, 11) is -3.55. The van der Waals surface area contributed by atoms with Crippen LogP contribution in [0.4, 0.5) is 0 Å². The van der Waals surface area contributed by atoms with Crippen molar-refractivity contribution in [2.75, 3.05) is 31.9 Å². The zero-order valence-electron chi connectivity index (χ0n) is 19.0. The number of sulfonamides is 1. The molecule has 1 amide bonds. The number of aromatic nitrogens is 3. The molecule has 10 heteroatoms. The van der Waals surface area contributed by atoms with Gasteiger partial charge in [0.25, 0.3) is 0 Å². The molecule has 1 aromatic heterocycles. The molecule has 0 unspecified atom stereocenters. The van der Waals surface area contributed by atoms with Crippen LogP contribution < -0.4 is 0 Å². The number of nitrogens with zero attached hydrogens (tertiary/aromatic N) is 5. The molecule has 0 bridgehead atoms. The monoisotopic (exact) mass is 497 g/mol. The lowest BCUT2D eigenvalue weighted by molar-refractivity contribution is -0.129. The largest absolute Gasteiger partial charge is 0.339 e. The Kier molecular flexibility index (Phi) is 6.46. The standard InChI is InChI=1S/C24H27N5O3S2/c1-18-7-11-21(12-8-18)34(31,32)28-15-13-27(14-16-28)22(30)17-33-24-26-25-23(19-9-10-19)29(24)20-5-3-2-4-6-20/h2-8,11-12,19H,9-10,13-17H2,1H3. The number of benzene rings is 2. The van der Waals surface area contributed by atoms with Gasteiger partial charge in [-0.15, -0.1) is 10.2 Å². The van der Waals surface area contributed by atoms with Crippen molar-refractivity contribution in [2.45, 2.75) is 35.7 Å². The second-order valence-corrected chi connectivity index (χ2v) is 11.6. The van der Waals surface area contributed by atoms with E-state index in [1.807, 2.05) is 37.3 Å². The maximum Gasteiger partial charge on any atom is 0.243 e. The number of thioether (sulfide) groups is 1. The van der Waals surface area contributed by atoms with Gasteiger partial charge in [-0.1, -0.05) is 47.7 Å². The Morgan fingerprint density at radius 1 is 0.971 bits per heavy atom. The number of rotatable bonds is 7. The van der Waals surface area contributed by atoms with Crippen molar-refractivity contribution in [1.29, 1.82) is 0 Å². The Hall–Kier alpha value is -2.69.